The molecule has 1 N–H and O–H groups in total. The van der Waals surface area contributed by atoms with Crippen molar-refractivity contribution in [1.82, 2.24) is 0 Å². The van der Waals surface area contributed by atoms with E-state index in [9.17, 15) is 13.0 Å². The molecular weight excluding hydrogens is 206 g/mol. The van der Waals surface area contributed by atoms with Crippen molar-refractivity contribution in [2.75, 3.05) is 6.61 Å². The highest BCUT2D eigenvalue weighted by atomic mass is 32.2. The average Bonchev–Trinajstić information content (AvgIpc) is 2.18. The maximum absolute atomic E-state index is 10.2. The number of aliphatic hydroxyl groups is 1. The van der Waals surface area contributed by atoms with Crippen molar-refractivity contribution in [2.24, 2.45) is 0 Å². The molecule has 1 heterocycles. The molecule has 0 saturated carbocycles. The molecule has 0 unspecified atom stereocenters. The minimum atomic E-state index is -4.34. The Labute approximate surface area is 83.5 Å². The van der Waals surface area contributed by atoms with E-state index in [-0.39, 0.29) is 0 Å². The lowest BCUT2D eigenvalue weighted by Crippen LogP contribution is -2.41. The fourth-order valence-corrected chi connectivity index (χ4v) is 0.971. The molecule has 0 amide bonds. The van der Waals surface area contributed by atoms with Crippen molar-refractivity contribution in [2.45, 2.75) is 13.3 Å². The van der Waals surface area contributed by atoms with E-state index in [1.54, 1.807) is 6.07 Å². The number of hydrogen-bond acceptors (Lipinski definition) is 4. The first-order chi connectivity index (χ1) is 6.52. The van der Waals surface area contributed by atoms with Crippen molar-refractivity contribution in [3.8, 4) is 0 Å². The summed E-state index contributed by atoms with van der Waals surface area (Å²) in [6.07, 6.45) is 3.24. The lowest BCUT2D eigenvalue weighted by Gasteiger charge is -1.97. The van der Waals surface area contributed by atoms with Crippen LogP contribution < -0.4 is 3.97 Å². The van der Waals surface area contributed by atoms with Gasteiger partial charge in [0.25, 0.3) is 0 Å². The highest BCUT2D eigenvalue weighted by Gasteiger charge is 2.03. The number of aromatic nitrogens is 1. The molecule has 0 radical (unpaired) electrons. The first-order valence-corrected chi connectivity index (χ1v) is 5.42. The van der Waals surface area contributed by atoms with Crippen LogP contribution in [0.15, 0.2) is 30.6 Å². The fraction of sp³-hybridized carbons (Fsp3) is 0.375. The second-order valence-electron chi connectivity index (χ2n) is 2.39. The van der Waals surface area contributed by atoms with E-state index in [1.165, 1.54) is 24.5 Å². The molecule has 0 spiro atoms. The van der Waals surface area contributed by atoms with Crippen molar-refractivity contribution in [3.05, 3.63) is 30.6 Å². The van der Waals surface area contributed by atoms with Crippen LogP contribution in [0.4, 0.5) is 0 Å². The SMILES string of the molecule is CCCO.O=S(=O)([O-])[n+]1ccccc1. The summed E-state index contributed by atoms with van der Waals surface area (Å²) in [6, 6.07) is 4.56. The zero-order valence-electron chi connectivity index (χ0n) is 7.83. The second-order valence-corrected chi connectivity index (χ2v) is 3.66. The zero-order chi connectivity index (χ0) is 11.0. The third-order valence-electron chi connectivity index (χ3n) is 1.17. The summed E-state index contributed by atoms with van der Waals surface area (Å²) in [5.74, 6) is 0. The Bertz CT molecular complexity index is 334. The van der Waals surface area contributed by atoms with Crippen LogP contribution in [0.1, 0.15) is 13.3 Å². The summed E-state index contributed by atoms with van der Waals surface area (Å²) in [6.45, 7) is 2.25. The zero-order valence-corrected chi connectivity index (χ0v) is 8.64. The number of aliphatic hydroxyl groups excluding tert-OH is 1. The van der Waals surface area contributed by atoms with E-state index in [1.807, 2.05) is 6.92 Å². The molecule has 0 atom stereocenters. The van der Waals surface area contributed by atoms with Crippen molar-refractivity contribution >= 4 is 10.3 Å². The van der Waals surface area contributed by atoms with Crippen LogP contribution in [0.25, 0.3) is 0 Å². The molecule has 1 aromatic rings. The minimum absolute atomic E-state index is 0.319. The second kappa shape index (κ2) is 6.47. The van der Waals surface area contributed by atoms with Crippen LogP contribution in [0, 0.1) is 0 Å². The summed E-state index contributed by atoms with van der Waals surface area (Å²) in [4.78, 5) is 0. The highest BCUT2D eigenvalue weighted by molar-refractivity contribution is 7.78. The quantitative estimate of drug-likeness (QED) is 0.545. The Morgan fingerprint density at radius 3 is 1.93 bits per heavy atom. The van der Waals surface area contributed by atoms with E-state index in [0.717, 1.165) is 6.42 Å². The third-order valence-corrected chi connectivity index (χ3v) is 1.93. The Balaban J connectivity index is 0.000000364. The smallest absolute Gasteiger partial charge is 0.329 e. The standard InChI is InChI=1S/C5H5NO3S.C3H8O/c7-10(8,9)6-4-2-1-3-5-6;1-2-3-4/h1-5H;4H,2-3H2,1H3. The van der Waals surface area contributed by atoms with Gasteiger partial charge in [-0.15, -0.1) is 3.97 Å². The van der Waals surface area contributed by atoms with Crippen LogP contribution in [-0.4, -0.2) is 24.7 Å². The van der Waals surface area contributed by atoms with Gasteiger partial charge in [0.15, 0.2) is 12.4 Å². The van der Waals surface area contributed by atoms with Gasteiger partial charge >= 0.3 is 10.3 Å². The molecule has 6 heteroatoms. The maximum Gasteiger partial charge on any atom is 0.329 e. The van der Waals surface area contributed by atoms with Crippen LogP contribution in [-0.2, 0) is 10.3 Å². The molecule has 0 saturated heterocycles. The van der Waals surface area contributed by atoms with Gasteiger partial charge in [0, 0.05) is 18.7 Å². The van der Waals surface area contributed by atoms with Crippen LogP contribution in [0.2, 0.25) is 0 Å². The fourth-order valence-electron chi connectivity index (χ4n) is 0.532. The number of pyridine rings is 1. The topological polar surface area (TPSA) is 81.3 Å². The van der Waals surface area contributed by atoms with Gasteiger partial charge in [-0.1, -0.05) is 13.0 Å². The van der Waals surface area contributed by atoms with Crippen LogP contribution in [0.5, 0.6) is 0 Å². The van der Waals surface area contributed by atoms with Crippen LogP contribution in [0.3, 0.4) is 0 Å². The van der Waals surface area contributed by atoms with Crippen molar-refractivity contribution < 1.29 is 22.0 Å². The normalized spacial score (nSPS) is 10.2. The summed E-state index contributed by atoms with van der Waals surface area (Å²) < 4.78 is 31.3. The Morgan fingerprint density at radius 2 is 1.71 bits per heavy atom. The maximum atomic E-state index is 10.2. The van der Waals surface area contributed by atoms with Gasteiger partial charge in [-0.05, 0) is 6.42 Å². The first-order valence-electron chi connectivity index (χ1n) is 4.06. The van der Waals surface area contributed by atoms with E-state index in [4.69, 9.17) is 5.11 Å². The Kier molecular flexibility index (Phi) is 6.02. The molecule has 0 aromatic carbocycles. The average molecular weight is 219 g/mol. The summed E-state index contributed by atoms with van der Waals surface area (Å²) >= 11 is 0. The molecule has 14 heavy (non-hydrogen) atoms. The van der Waals surface area contributed by atoms with Gasteiger partial charge in [0.05, 0.1) is 0 Å². The first kappa shape index (κ1) is 13.0. The monoisotopic (exact) mass is 219 g/mol. The Morgan fingerprint density at radius 1 is 1.29 bits per heavy atom. The predicted octanol–water partition coefficient (Wildman–Crippen LogP) is -0.329. The molecule has 0 bridgehead atoms. The number of rotatable bonds is 2. The lowest BCUT2D eigenvalue weighted by molar-refractivity contribution is -0.519. The molecule has 80 valence electrons. The molecule has 0 aliphatic rings. The molecular formula is C8H13NO4S. The molecule has 1 aromatic heterocycles. The van der Waals surface area contributed by atoms with Gasteiger partial charge in [-0.25, -0.2) is 0 Å². The Hall–Kier alpha value is -0.980. The van der Waals surface area contributed by atoms with E-state index < -0.39 is 10.3 Å². The van der Waals surface area contributed by atoms with Gasteiger partial charge in [0.2, 0.25) is 0 Å². The third kappa shape index (κ3) is 5.63. The highest BCUT2D eigenvalue weighted by Crippen LogP contribution is 1.78. The summed E-state index contributed by atoms with van der Waals surface area (Å²) in [7, 11) is -4.34. The molecule has 5 nitrogen and oxygen atoms in total. The van der Waals surface area contributed by atoms with E-state index in [2.05, 4.69) is 0 Å². The molecule has 0 aliphatic heterocycles. The minimum Gasteiger partial charge on any atom is -0.693 e. The van der Waals surface area contributed by atoms with Gasteiger partial charge in [-0.3, -0.25) is 0 Å². The van der Waals surface area contributed by atoms with Gasteiger partial charge in [0.1, 0.15) is 0 Å². The predicted molar refractivity (Wildman–Crippen MR) is 49.1 cm³/mol. The molecule has 0 aliphatic carbocycles. The summed E-state index contributed by atoms with van der Waals surface area (Å²) in [5, 5.41) is 7.88. The number of nitrogens with zero attached hydrogens (tertiary/aromatic N) is 1. The van der Waals surface area contributed by atoms with E-state index >= 15 is 0 Å². The van der Waals surface area contributed by atoms with E-state index in [0.29, 0.717) is 10.6 Å². The molecule has 0 fully saturated rings. The summed E-state index contributed by atoms with van der Waals surface area (Å²) in [5.41, 5.74) is 0. The van der Waals surface area contributed by atoms with Crippen LogP contribution >= 0.6 is 0 Å². The van der Waals surface area contributed by atoms with Crippen molar-refractivity contribution in [3.63, 3.8) is 0 Å². The number of hydrogen-bond donors (Lipinski definition) is 1. The molecule has 1 rings (SSSR count). The van der Waals surface area contributed by atoms with Gasteiger partial charge in [-0.2, -0.15) is 8.42 Å². The van der Waals surface area contributed by atoms with Crippen molar-refractivity contribution in [1.29, 1.82) is 0 Å². The largest absolute Gasteiger partial charge is 0.693 e. The van der Waals surface area contributed by atoms with Gasteiger partial charge < -0.3 is 9.66 Å². The lowest BCUT2D eigenvalue weighted by atomic mass is 10.5.